The van der Waals surface area contributed by atoms with Crippen LogP contribution in [-0.2, 0) is 11.2 Å². The number of carbonyl (C=O) groups is 1. The highest BCUT2D eigenvalue weighted by atomic mass is 19.3. The molecule has 0 aliphatic carbocycles. The minimum Gasteiger partial charge on any atom is -0.481 e. The van der Waals surface area contributed by atoms with E-state index in [0.717, 1.165) is 6.07 Å². The summed E-state index contributed by atoms with van der Waals surface area (Å²) < 4.78 is 24.5. The molecular weight excluding hydrogens is 210 g/mol. The molecule has 0 saturated carbocycles. The predicted molar refractivity (Wildman–Crippen MR) is 47.8 cm³/mol. The number of anilines is 1. The molecule has 0 amide bonds. The van der Waals surface area contributed by atoms with E-state index >= 15 is 0 Å². The highest BCUT2D eigenvalue weighted by molar-refractivity contribution is 5.70. The molecule has 7 heteroatoms. The van der Waals surface area contributed by atoms with Gasteiger partial charge < -0.3 is 15.8 Å². The lowest BCUT2D eigenvalue weighted by Gasteiger charge is -2.05. The second kappa shape index (κ2) is 4.07. The van der Waals surface area contributed by atoms with Gasteiger partial charge in [-0.3, -0.25) is 9.59 Å². The molecule has 0 aromatic carbocycles. The lowest BCUT2D eigenvalue weighted by atomic mass is 10.1. The average Bonchev–Trinajstić information content (AvgIpc) is 2.09. The number of pyridine rings is 1. The summed E-state index contributed by atoms with van der Waals surface area (Å²) in [6.45, 7) is 0. The third-order valence-corrected chi connectivity index (χ3v) is 1.74. The van der Waals surface area contributed by atoms with Crippen LogP contribution in [0.5, 0.6) is 0 Å². The van der Waals surface area contributed by atoms with Crippen LogP contribution in [0.25, 0.3) is 0 Å². The normalized spacial score (nSPS) is 10.6. The Morgan fingerprint density at radius 1 is 1.60 bits per heavy atom. The van der Waals surface area contributed by atoms with Crippen LogP contribution in [0, 0.1) is 0 Å². The molecule has 1 aromatic heterocycles. The van der Waals surface area contributed by atoms with Gasteiger partial charge in [0.2, 0.25) is 0 Å². The van der Waals surface area contributed by atoms with Crippen molar-refractivity contribution in [2.45, 2.75) is 12.8 Å². The molecular formula is C8H8F2N2O3. The van der Waals surface area contributed by atoms with E-state index in [0.29, 0.717) is 0 Å². The van der Waals surface area contributed by atoms with Crippen molar-refractivity contribution >= 4 is 11.7 Å². The molecule has 1 rings (SSSR count). The van der Waals surface area contributed by atoms with Crippen molar-refractivity contribution in [1.82, 2.24) is 4.98 Å². The van der Waals surface area contributed by atoms with Crippen molar-refractivity contribution in [2.24, 2.45) is 0 Å². The Labute approximate surface area is 82.5 Å². The molecule has 15 heavy (non-hydrogen) atoms. The molecule has 0 spiro atoms. The first-order valence-electron chi connectivity index (χ1n) is 3.93. The fraction of sp³-hybridized carbons (Fsp3) is 0.250. The average molecular weight is 218 g/mol. The summed E-state index contributed by atoms with van der Waals surface area (Å²) in [4.78, 5) is 23.3. The summed E-state index contributed by atoms with van der Waals surface area (Å²) in [7, 11) is 0. The predicted octanol–water partition coefficient (Wildman–Crippen LogP) is 0.522. The number of hydrogen-bond donors (Lipinski definition) is 3. The third kappa shape index (κ3) is 2.52. The zero-order chi connectivity index (χ0) is 11.6. The SMILES string of the molecule is Nc1cc(CC(=O)O)c(=O)[nH]c1C(F)F. The lowest BCUT2D eigenvalue weighted by molar-refractivity contribution is -0.136. The number of nitrogens with one attached hydrogen (secondary N) is 1. The second-order valence-electron chi connectivity index (χ2n) is 2.86. The van der Waals surface area contributed by atoms with Crippen molar-refractivity contribution in [1.29, 1.82) is 0 Å². The number of nitrogens with two attached hydrogens (primary N) is 1. The summed E-state index contributed by atoms with van der Waals surface area (Å²) in [5, 5.41) is 8.42. The van der Waals surface area contributed by atoms with Crippen LogP contribution in [0.3, 0.4) is 0 Å². The molecule has 0 atom stereocenters. The quantitative estimate of drug-likeness (QED) is 0.689. The third-order valence-electron chi connectivity index (χ3n) is 1.74. The van der Waals surface area contributed by atoms with E-state index in [9.17, 15) is 18.4 Å². The van der Waals surface area contributed by atoms with Crippen LogP contribution >= 0.6 is 0 Å². The Morgan fingerprint density at radius 3 is 2.67 bits per heavy atom. The molecule has 1 aromatic rings. The number of nitrogen functional groups attached to an aromatic ring is 1. The van der Waals surface area contributed by atoms with Gasteiger partial charge in [0.15, 0.2) is 0 Å². The van der Waals surface area contributed by atoms with Crippen LogP contribution in [0.4, 0.5) is 14.5 Å². The zero-order valence-corrected chi connectivity index (χ0v) is 7.46. The molecule has 82 valence electrons. The van der Waals surface area contributed by atoms with E-state index in [1.54, 1.807) is 0 Å². The maximum atomic E-state index is 12.2. The maximum Gasteiger partial charge on any atom is 0.308 e. The van der Waals surface area contributed by atoms with Crippen molar-refractivity contribution in [3.63, 3.8) is 0 Å². The molecule has 4 N–H and O–H groups in total. The maximum absolute atomic E-state index is 12.2. The molecule has 5 nitrogen and oxygen atoms in total. The van der Waals surface area contributed by atoms with Gasteiger partial charge in [-0.1, -0.05) is 0 Å². The molecule has 0 saturated heterocycles. The van der Waals surface area contributed by atoms with Gasteiger partial charge in [0.25, 0.3) is 12.0 Å². The fourth-order valence-electron chi connectivity index (χ4n) is 1.08. The van der Waals surface area contributed by atoms with Crippen LogP contribution in [0.15, 0.2) is 10.9 Å². The molecule has 0 aliphatic rings. The number of aromatic amines is 1. The van der Waals surface area contributed by atoms with E-state index in [1.165, 1.54) is 0 Å². The van der Waals surface area contributed by atoms with Crippen molar-refractivity contribution in [3.05, 3.63) is 27.7 Å². The minimum absolute atomic E-state index is 0.149. The van der Waals surface area contributed by atoms with Gasteiger partial charge in [-0.05, 0) is 6.07 Å². The van der Waals surface area contributed by atoms with Crippen molar-refractivity contribution < 1.29 is 18.7 Å². The number of halogens is 2. The number of rotatable bonds is 3. The van der Waals surface area contributed by atoms with Gasteiger partial charge in [-0.15, -0.1) is 0 Å². The van der Waals surface area contributed by atoms with Crippen molar-refractivity contribution in [2.75, 3.05) is 5.73 Å². The van der Waals surface area contributed by atoms with E-state index in [4.69, 9.17) is 10.8 Å². The number of H-pyrrole nitrogens is 1. The fourth-order valence-corrected chi connectivity index (χ4v) is 1.08. The number of carboxylic acid groups (broad SMARTS) is 1. The summed E-state index contributed by atoms with van der Waals surface area (Å²) in [6, 6.07) is 0.953. The highest BCUT2D eigenvalue weighted by Crippen LogP contribution is 2.21. The molecule has 0 unspecified atom stereocenters. The largest absolute Gasteiger partial charge is 0.481 e. The highest BCUT2D eigenvalue weighted by Gasteiger charge is 2.15. The van der Waals surface area contributed by atoms with Crippen LogP contribution < -0.4 is 11.3 Å². The number of hydrogen-bond acceptors (Lipinski definition) is 3. The van der Waals surface area contributed by atoms with E-state index in [1.807, 2.05) is 4.98 Å². The first-order chi connectivity index (χ1) is 6.91. The Hall–Kier alpha value is -1.92. The van der Waals surface area contributed by atoms with Crippen molar-refractivity contribution in [3.8, 4) is 0 Å². The zero-order valence-electron chi connectivity index (χ0n) is 7.46. The number of aromatic nitrogens is 1. The monoisotopic (exact) mass is 218 g/mol. The smallest absolute Gasteiger partial charge is 0.308 e. The van der Waals surface area contributed by atoms with Gasteiger partial charge in [-0.2, -0.15) is 0 Å². The lowest BCUT2D eigenvalue weighted by Crippen LogP contribution is -2.19. The topological polar surface area (TPSA) is 96.2 Å². The molecule has 0 radical (unpaired) electrons. The first-order valence-corrected chi connectivity index (χ1v) is 3.93. The molecule has 0 bridgehead atoms. The number of carboxylic acids is 1. The molecule has 0 fully saturated rings. The molecule has 1 heterocycles. The summed E-state index contributed by atoms with van der Waals surface area (Å²) in [5.74, 6) is -1.23. The van der Waals surface area contributed by atoms with Gasteiger partial charge in [0.05, 0.1) is 12.1 Å². The summed E-state index contributed by atoms with van der Waals surface area (Å²) in [6.07, 6.45) is -3.44. The number of aliphatic carboxylic acids is 1. The Bertz CT molecular complexity index is 442. The molecule has 0 aliphatic heterocycles. The van der Waals surface area contributed by atoms with E-state index < -0.39 is 30.1 Å². The van der Waals surface area contributed by atoms with Gasteiger partial charge >= 0.3 is 5.97 Å². The van der Waals surface area contributed by atoms with Gasteiger partial charge in [0, 0.05) is 5.56 Å². The summed E-state index contributed by atoms with van der Waals surface area (Å²) >= 11 is 0. The Kier molecular flexibility index (Phi) is 3.03. The Balaban J connectivity index is 3.20. The second-order valence-corrected chi connectivity index (χ2v) is 2.86. The van der Waals surface area contributed by atoms with Gasteiger partial charge in [0.1, 0.15) is 5.69 Å². The van der Waals surface area contributed by atoms with Crippen LogP contribution in [-0.4, -0.2) is 16.1 Å². The van der Waals surface area contributed by atoms with Crippen LogP contribution in [0.2, 0.25) is 0 Å². The standard InChI is InChI=1S/C8H8F2N2O3/c9-7(10)6-4(11)1-3(2-5(13)14)8(15)12-6/h1,7H,2,11H2,(H,12,15)(H,13,14). The van der Waals surface area contributed by atoms with E-state index in [2.05, 4.69) is 0 Å². The Morgan fingerprint density at radius 2 is 2.20 bits per heavy atom. The van der Waals surface area contributed by atoms with Crippen LogP contribution in [0.1, 0.15) is 17.7 Å². The van der Waals surface area contributed by atoms with Gasteiger partial charge in [-0.25, -0.2) is 8.78 Å². The summed E-state index contributed by atoms with van der Waals surface area (Å²) in [5.41, 5.74) is 3.21. The van der Waals surface area contributed by atoms with E-state index in [-0.39, 0.29) is 11.3 Å². The minimum atomic E-state index is -2.89. The first kappa shape index (κ1) is 11.2. The number of alkyl halides is 2.